The van der Waals surface area contributed by atoms with Gasteiger partial charge in [-0.3, -0.25) is 9.13 Å². The van der Waals surface area contributed by atoms with E-state index in [-0.39, 0.29) is 18.1 Å². The summed E-state index contributed by atoms with van der Waals surface area (Å²) >= 11 is 0. The molecule has 2 aromatic rings. The van der Waals surface area contributed by atoms with Gasteiger partial charge in [0.25, 0.3) is 0 Å². The molecule has 1 aliphatic rings. The van der Waals surface area contributed by atoms with E-state index in [0.29, 0.717) is 18.7 Å². The molecular weight excluding hydrogens is 258 g/mol. The van der Waals surface area contributed by atoms with Crippen LogP contribution in [0.5, 0.6) is 0 Å². The van der Waals surface area contributed by atoms with Gasteiger partial charge < -0.3 is 4.84 Å². The van der Waals surface area contributed by atoms with Crippen molar-refractivity contribution in [2.75, 3.05) is 0 Å². The summed E-state index contributed by atoms with van der Waals surface area (Å²) in [5, 5.41) is 3.96. The SMILES string of the molecule is CCC(=O)O/N=C1\CCn2c(=O)n(C)c3cccc1c32. The number of carbonyl (C=O) groups excluding carboxylic acids is 1. The zero-order valence-corrected chi connectivity index (χ0v) is 11.4. The van der Waals surface area contributed by atoms with Crippen LogP contribution < -0.4 is 5.69 Å². The molecule has 0 bridgehead atoms. The third-order valence-electron chi connectivity index (χ3n) is 3.59. The molecular formula is C14H15N3O3. The van der Waals surface area contributed by atoms with Crippen LogP contribution in [0.2, 0.25) is 0 Å². The average molecular weight is 273 g/mol. The van der Waals surface area contributed by atoms with Crippen molar-refractivity contribution in [3.63, 3.8) is 0 Å². The Morgan fingerprint density at radius 3 is 3.00 bits per heavy atom. The molecule has 3 rings (SSSR count). The molecule has 0 N–H and O–H groups in total. The monoisotopic (exact) mass is 273 g/mol. The summed E-state index contributed by atoms with van der Waals surface area (Å²) < 4.78 is 3.37. The van der Waals surface area contributed by atoms with Crippen molar-refractivity contribution in [2.24, 2.45) is 12.2 Å². The fourth-order valence-corrected chi connectivity index (χ4v) is 2.52. The molecule has 1 aliphatic heterocycles. The molecule has 6 nitrogen and oxygen atoms in total. The van der Waals surface area contributed by atoms with E-state index in [9.17, 15) is 9.59 Å². The summed E-state index contributed by atoms with van der Waals surface area (Å²) in [5.74, 6) is -0.360. The molecule has 1 aromatic heterocycles. The van der Waals surface area contributed by atoms with Crippen molar-refractivity contribution < 1.29 is 9.63 Å². The average Bonchev–Trinajstić information content (AvgIpc) is 2.73. The number of benzene rings is 1. The van der Waals surface area contributed by atoms with E-state index in [1.807, 2.05) is 18.2 Å². The lowest BCUT2D eigenvalue weighted by Crippen LogP contribution is -2.26. The van der Waals surface area contributed by atoms with Gasteiger partial charge in [-0.15, -0.1) is 0 Å². The molecule has 6 heteroatoms. The highest BCUT2D eigenvalue weighted by Crippen LogP contribution is 2.24. The highest BCUT2D eigenvalue weighted by molar-refractivity contribution is 6.10. The number of hydrogen-bond acceptors (Lipinski definition) is 4. The highest BCUT2D eigenvalue weighted by atomic mass is 16.7. The van der Waals surface area contributed by atoms with Gasteiger partial charge >= 0.3 is 11.7 Å². The number of aryl methyl sites for hydroxylation is 2. The van der Waals surface area contributed by atoms with Crippen LogP contribution >= 0.6 is 0 Å². The van der Waals surface area contributed by atoms with Crippen LogP contribution in [0.4, 0.5) is 0 Å². The first kappa shape index (κ1) is 12.7. The third kappa shape index (κ3) is 1.76. The maximum absolute atomic E-state index is 12.1. The van der Waals surface area contributed by atoms with E-state index in [4.69, 9.17) is 4.84 Å². The van der Waals surface area contributed by atoms with Crippen LogP contribution in [0.25, 0.3) is 11.0 Å². The number of nitrogens with zero attached hydrogens (tertiary/aromatic N) is 3. The lowest BCUT2D eigenvalue weighted by molar-refractivity contribution is -0.143. The molecule has 0 spiro atoms. The van der Waals surface area contributed by atoms with E-state index < -0.39 is 0 Å². The lowest BCUT2D eigenvalue weighted by atomic mass is 10.0. The Morgan fingerprint density at radius 2 is 2.25 bits per heavy atom. The lowest BCUT2D eigenvalue weighted by Gasteiger charge is -2.15. The molecule has 0 atom stereocenters. The number of para-hydroxylation sites is 1. The van der Waals surface area contributed by atoms with Crippen molar-refractivity contribution in [1.82, 2.24) is 9.13 Å². The second kappa shape index (κ2) is 4.63. The van der Waals surface area contributed by atoms with Crippen LogP contribution in [0.15, 0.2) is 28.1 Å². The minimum atomic E-state index is -0.360. The number of imidazole rings is 1. The largest absolute Gasteiger partial charge is 0.334 e. The van der Waals surface area contributed by atoms with Gasteiger partial charge in [0.2, 0.25) is 0 Å². The predicted molar refractivity (Wildman–Crippen MR) is 74.7 cm³/mol. The smallest absolute Gasteiger partial charge is 0.318 e. The van der Waals surface area contributed by atoms with Gasteiger partial charge in [-0.05, 0) is 6.07 Å². The first-order valence-corrected chi connectivity index (χ1v) is 6.58. The maximum Gasteiger partial charge on any atom is 0.334 e. The van der Waals surface area contributed by atoms with Gasteiger partial charge in [-0.2, -0.15) is 0 Å². The minimum absolute atomic E-state index is 0.0305. The van der Waals surface area contributed by atoms with Crippen molar-refractivity contribution in [3.8, 4) is 0 Å². The van der Waals surface area contributed by atoms with Crippen molar-refractivity contribution in [3.05, 3.63) is 34.2 Å². The molecule has 0 unspecified atom stereocenters. The van der Waals surface area contributed by atoms with Crippen molar-refractivity contribution in [1.29, 1.82) is 0 Å². The fraction of sp³-hybridized carbons (Fsp3) is 0.357. The second-order valence-electron chi connectivity index (χ2n) is 4.77. The van der Waals surface area contributed by atoms with Gasteiger partial charge in [-0.25, -0.2) is 9.59 Å². The number of rotatable bonds is 2. The summed E-state index contributed by atoms with van der Waals surface area (Å²) in [7, 11) is 1.75. The van der Waals surface area contributed by atoms with Crippen molar-refractivity contribution >= 4 is 22.7 Å². The summed E-state index contributed by atoms with van der Waals surface area (Å²) in [6.45, 7) is 2.27. The molecule has 0 saturated heterocycles. The number of hydrogen-bond donors (Lipinski definition) is 0. The zero-order chi connectivity index (χ0) is 14.3. The standard InChI is InChI=1S/C14H15N3O3/c1-3-12(18)20-15-10-7-8-17-13-9(10)5-4-6-11(13)16(2)14(17)19/h4-6H,3,7-8H2,1-2H3/b15-10+. The summed E-state index contributed by atoms with van der Waals surface area (Å²) in [6, 6.07) is 5.68. The van der Waals surface area contributed by atoms with E-state index >= 15 is 0 Å². The number of oxime groups is 1. The number of carbonyl (C=O) groups is 1. The van der Waals surface area contributed by atoms with Gasteiger partial charge in [0, 0.05) is 32.0 Å². The van der Waals surface area contributed by atoms with Gasteiger partial charge in [0.15, 0.2) is 0 Å². The normalized spacial score (nSPS) is 15.8. The first-order chi connectivity index (χ1) is 9.63. The maximum atomic E-state index is 12.1. The fourth-order valence-electron chi connectivity index (χ4n) is 2.52. The van der Waals surface area contributed by atoms with E-state index in [1.165, 1.54) is 0 Å². The molecule has 0 amide bonds. The van der Waals surface area contributed by atoms with Crippen LogP contribution in [-0.2, 0) is 23.2 Å². The molecule has 0 fully saturated rings. The third-order valence-corrected chi connectivity index (χ3v) is 3.59. The molecule has 0 saturated carbocycles. The summed E-state index contributed by atoms with van der Waals surface area (Å²) in [5.41, 5.74) is 3.26. The highest BCUT2D eigenvalue weighted by Gasteiger charge is 2.22. The van der Waals surface area contributed by atoms with Crippen LogP contribution in [0, 0.1) is 0 Å². The summed E-state index contributed by atoms with van der Waals surface area (Å²) in [4.78, 5) is 28.2. The van der Waals surface area contributed by atoms with E-state index in [1.54, 1.807) is 23.1 Å². The summed E-state index contributed by atoms with van der Waals surface area (Å²) in [6.07, 6.45) is 0.865. The molecule has 104 valence electrons. The van der Waals surface area contributed by atoms with Crippen LogP contribution in [0.1, 0.15) is 25.3 Å². The Morgan fingerprint density at radius 1 is 1.45 bits per heavy atom. The van der Waals surface area contributed by atoms with Crippen LogP contribution in [0.3, 0.4) is 0 Å². The molecule has 2 heterocycles. The number of aromatic nitrogens is 2. The Labute approximate surface area is 115 Å². The first-order valence-electron chi connectivity index (χ1n) is 6.58. The molecule has 1 aromatic carbocycles. The second-order valence-corrected chi connectivity index (χ2v) is 4.77. The topological polar surface area (TPSA) is 65.6 Å². The van der Waals surface area contributed by atoms with Gasteiger partial charge in [0.05, 0.1) is 16.7 Å². The van der Waals surface area contributed by atoms with E-state index in [0.717, 1.165) is 16.6 Å². The van der Waals surface area contributed by atoms with E-state index in [2.05, 4.69) is 5.16 Å². The van der Waals surface area contributed by atoms with Gasteiger partial charge in [0.1, 0.15) is 0 Å². The minimum Gasteiger partial charge on any atom is -0.318 e. The quantitative estimate of drug-likeness (QED) is 0.613. The zero-order valence-electron chi connectivity index (χ0n) is 11.4. The Bertz CT molecular complexity index is 783. The van der Waals surface area contributed by atoms with Gasteiger partial charge in [-0.1, -0.05) is 24.2 Å². The Hall–Kier alpha value is -2.37. The Kier molecular flexibility index (Phi) is 2.93. The van der Waals surface area contributed by atoms with Crippen molar-refractivity contribution in [2.45, 2.75) is 26.3 Å². The Balaban J connectivity index is 2.16. The molecule has 20 heavy (non-hydrogen) atoms. The van der Waals surface area contributed by atoms with Crippen LogP contribution in [-0.4, -0.2) is 20.8 Å². The molecule has 0 aliphatic carbocycles. The predicted octanol–water partition coefficient (Wildman–Crippen LogP) is 1.40. The molecule has 0 radical (unpaired) electrons.